The van der Waals surface area contributed by atoms with Gasteiger partial charge in [-0.25, -0.2) is 0 Å². The SMILES string of the molecule is Cc1ccc(N/C=C(/C#N)C(=O)Nc2cccc([N+](=O)[O-])c2)cc1Cl. The number of nitrogens with zero attached hydrogens (tertiary/aromatic N) is 2. The number of hydrogen-bond donors (Lipinski definition) is 2. The van der Waals surface area contributed by atoms with E-state index in [1.165, 1.54) is 30.5 Å². The van der Waals surface area contributed by atoms with E-state index in [1.807, 2.05) is 6.92 Å². The first kappa shape index (κ1) is 18.0. The van der Waals surface area contributed by atoms with Crippen LogP contribution >= 0.6 is 11.6 Å². The van der Waals surface area contributed by atoms with Gasteiger partial charge in [0, 0.05) is 34.7 Å². The van der Waals surface area contributed by atoms with Crippen molar-refractivity contribution in [1.29, 1.82) is 5.26 Å². The molecule has 2 N–H and O–H groups in total. The van der Waals surface area contributed by atoms with Crippen molar-refractivity contribution in [2.75, 3.05) is 10.6 Å². The van der Waals surface area contributed by atoms with Gasteiger partial charge >= 0.3 is 0 Å². The van der Waals surface area contributed by atoms with Gasteiger partial charge in [0.1, 0.15) is 11.6 Å². The third-order valence-electron chi connectivity index (χ3n) is 3.23. The Morgan fingerprint density at radius 2 is 2.04 bits per heavy atom. The molecule has 0 aromatic heterocycles. The lowest BCUT2D eigenvalue weighted by atomic mass is 10.2. The number of amides is 1. The highest BCUT2D eigenvalue weighted by Gasteiger charge is 2.12. The third kappa shape index (κ3) is 4.80. The van der Waals surface area contributed by atoms with Crippen LogP contribution in [-0.4, -0.2) is 10.8 Å². The standard InChI is InChI=1S/C17H13ClN4O3/c1-11-5-6-13(8-16(11)18)20-10-12(9-19)17(23)21-14-3-2-4-15(7-14)22(24)25/h2-8,10,20H,1H3,(H,21,23)/b12-10-. The van der Waals surface area contributed by atoms with E-state index in [0.717, 1.165) is 5.56 Å². The summed E-state index contributed by atoms with van der Waals surface area (Å²) in [6.07, 6.45) is 1.24. The summed E-state index contributed by atoms with van der Waals surface area (Å²) in [5.41, 5.74) is 1.39. The summed E-state index contributed by atoms with van der Waals surface area (Å²) in [5.74, 6) is -0.686. The van der Waals surface area contributed by atoms with Gasteiger partial charge in [-0.3, -0.25) is 14.9 Å². The second-order valence-electron chi connectivity index (χ2n) is 5.04. The number of nitrogens with one attached hydrogen (secondary N) is 2. The molecule has 1 amide bonds. The number of carbonyl (C=O) groups is 1. The van der Waals surface area contributed by atoms with Crippen LogP contribution < -0.4 is 10.6 Å². The molecule has 0 radical (unpaired) electrons. The summed E-state index contributed by atoms with van der Waals surface area (Å²) in [4.78, 5) is 22.3. The number of halogens is 1. The Bertz CT molecular complexity index is 903. The van der Waals surface area contributed by atoms with Gasteiger partial charge in [-0.2, -0.15) is 5.26 Å². The fraction of sp³-hybridized carbons (Fsp3) is 0.0588. The van der Waals surface area contributed by atoms with Crippen LogP contribution in [0.15, 0.2) is 54.2 Å². The molecule has 0 fully saturated rings. The van der Waals surface area contributed by atoms with Crippen molar-refractivity contribution in [3.05, 3.63) is 74.9 Å². The topological polar surface area (TPSA) is 108 Å². The average molecular weight is 357 g/mol. The zero-order valence-corrected chi connectivity index (χ0v) is 13.9. The van der Waals surface area contributed by atoms with E-state index < -0.39 is 10.8 Å². The fourth-order valence-corrected chi connectivity index (χ4v) is 2.06. The molecule has 8 heteroatoms. The fourth-order valence-electron chi connectivity index (χ4n) is 1.88. The minimum atomic E-state index is -0.686. The monoisotopic (exact) mass is 356 g/mol. The minimum absolute atomic E-state index is 0.160. The van der Waals surface area contributed by atoms with Crippen molar-refractivity contribution >= 4 is 34.6 Å². The zero-order chi connectivity index (χ0) is 18.4. The molecule has 0 aliphatic carbocycles. The van der Waals surface area contributed by atoms with Crippen molar-refractivity contribution in [2.24, 2.45) is 0 Å². The Labute approximate surface area is 148 Å². The molecule has 0 bridgehead atoms. The molecule has 0 aliphatic rings. The lowest BCUT2D eigenvalue weighted by Gasteiger charge is -2.06. The number of rotatable bonds is 5. The lowest BCUT2D eigenvalue weighted by molar-refractivity contribution is -0.384. The predicted octanol–water partition coefficient (Wildman–Crippen LogP) is 4.01. The summed E-state index contributed by atoms with van der Waals surface area (Å²) in [6, 6.07) is 12.4. The molecule has 0 aliphatic heterocycles. The molecule has 2 aromatic carbocycles. The number of anilines is 2. The van der Waals surface area contributed by atoms with Gasteiger partial charge in [-0.1, -0.05) is 23.7 Å². The summed E-state index contributed by atoms with van der Waals surface area (Å²) < 4.78 is 0. The third-order valence-corrected chi connectivity index (χ3v) is 3.64. The maximum absolute atomic E-state index is 12.1. The molecule has 7 nitrogen and oxygen atoms in total. The van der Waals surface area contributed by atoms with Crippen LogP contribution in [-0.2, 0) is 4.79 Å². The quantitative estimate of drug-likeness (QED) is 0.364. The summed E-state index contributed by atoms with van der Waals surface area (Å²) in [6.45, 7) is 1.86. The summed E-state index contributed by atoms with van der Waals surface area (Å²) in [5, 5.41) is 25.7. The number of non-ortho nitro benzene ring substituents is 1. The van der Waals surface area contributed by atoms with Gasteiger partial charge < -0.3 is 10.6 Å². The van der Waals surface area contributed by atoms with E-state index in [-0.39, 0.29) is 16.9 Å². The number of aryl methyl sites for hydroxylation is 1. The molecule has 0 saturated heterocycles. The Morgan fingerprint density at radius 1 is 1.28 bits per heavy atom. The number of nitro groups is 1. The van der Waals surface area contributed by atoms with Crippen molar-refractivity contribution in [3.8, 4) is 6.07 Å². The first-order valence-electron chi connectivity index (χ1n) is 7.09. The first-order chi connectivity index (χ1) is 11.9. The normalized spacial score (nSPS) is 10.7. The lowest BCUT2D eigenvalue weighted by Crippen LogP contribution is -2.14. The van der Waals surface area contributed by atoms with Crippen LogP contribution in [0.25, 0.3) is 0 Å². The van der Waals surface area contributed by atoms with Crippen molar-refractivity contribution < 1.29 is 9.72 Å². The maximum Gasteiger partial charge on any atom is 0.271 e. The number of hydrogen-bond acceptors (Lipinski definition) is 5. The van der Waals surface area contributed by atoms with Crippen molar-refractivity contribution in [1.82, 2.24) is 0 Å². The molecule has 0 atom stereocenters. The second kappa shape index (κ2) is 7.95. The molecule has 2 aromatic rings. The van der Waals surface area contributed by atoms with Crippen LogP contribution in [0.5, 0.6) is 0 Å². The Balaban J connectivity index is 2.12. The number of nitro benzene ring substituents is 1. The summed E-state index contributed by atoms with van der Waals surface area (Å²) in [7, 11) is 0. The molecule has 0 spiro atoms. The summed E-state index contributed by atoms with van der Waals surface area (Å²) >= 11 is 6.01. The van der Waals surface area contributed by atoms with Crippen LogP contribution in [0.2, 0.25) is 5.02 Å². The highest BCUT2D eigenvalue weighted by Crippen LogP contribution is 2.20. The largest absolute Gasteiger partial charge is 0.360 e. The molecule has 2 rings (SSSR count). The molecule has 0 heterocycles. The molecular formula is C17H13ClN4O3. The molecule has 0 unspecified atom stereocenters. The van der Waals surface area contributed by atoms with E-state index in [4.69, 9.17) is 16.9 Å². The van der Waals surface area contributed by atoms with Crippen molar-refractivity contribution in [3.63, 3.8) is 0 Å². The predicted molar refractivity (Wildman–Crippen MR) is 95.2 cm³/mol. The van der Waals surface area contributed by atoms with Crippen LogP contribution in [0, 0.1) is 28.4 Å². The maximum atomic E-state index is 12.1. The van der Waals surface area contributed by atoms with E-state index >= 15 is 0 Å². The average Bonchev–Trinajstić information content (AvgIpc) is 2.58. The van der Waals surface area contributed by atoms with Crippen LogP contribution in [0.1, 0.15) is 5.56 Å². The van der Waals surface area contributed by atoms with Gasteiger partial charge in [0.15, 0.2) is 0 Å². The Hall–Kier alpha value is -3.37. The number of benzene rings is 2. The van der Waals surface area contributed by atoms with Gasteiger partial charge in [-0.15, -0.1) is 0 Å². The van der Waals surface area contributed by atoms with Crippen LogP contribution in [0.4, 0.5) is 17.1 Å². The first-order valence-corrected chi connectivity index (χ1v) is 7.47. The highest BCUT2D eigenvalue weighted by molar-refractivity contribution is 6.31. The second-order valence-corrected chi connectivity index (χ2v) is 5.45. The number of nitriles is 1. The van der Waals surface area contributed by atoms with E-state index in [2.05, 4.69) is 10.6 Å². The van der Waals surface area contributed by atoms with Gasteiger partial charge in [0.05, 0.1) is 4.92 Å². The highest BCUT2D eigenvalue weighted by atomic mass is 35.5. The smallest absolute Gasteiger partial charge is 0.271 e. The molecule has 0 saturated carbocycles. The zero-order valence-electron chi connectivity index (χ0n) is 13.1. The van der Waals surface area contributed by atoms with Crippen LogP contribution in [0.3, 0.4) is 0 Å². The molecular weight excluding hydrogens is 344 g/mol. The van der Waals surface area contributed by atoms with Crippen molar-refractivity contribution in [2.45, 2.75) is 6.92 Å². The van der Waals surface area contributed by atoms with Gasteiger partial charge in [0.2, 0.25) is 0 Å². The Kier molecular flexibility index (Phi) is 5.71. The minimum Gasteiger partial charge on any atom is -0.360 e. The van der Waals surface area contributed by atoms with Gasteiger partial charge in [0.25, 0.3) is 11.6 Å². The molecule has 126 valence electrons. The molecule has 25 heavy (non-hydrogen) atoms. The van der Waals surface area contributed by atoms with Gasteiger partial charge in [-0.05, 0) is 30.7 Å². The van der Waals surface area contributed by atoms with E-state index in [9.17, 15) is 14.9 Å². The Morgan fingerprint density at radius 3 is 2.68 bits per heavy atom. The number of carbonyl (C=O) groups excluding carboxylic acids is 1. The van der Waals surface area contributed by atoms with E-state index in [1.54, 1.807) is 24.3 Å². The van der Waals surface area contributed by atoms with E-state index in [0.29, 0.717) is 10.7 Å².